The Balaban J connectivity index is 2.11. The Morgan fingerprint density at radius 2 is 2.19 bits per heavy atom. The molecule has 0 aliphatic heterocycles. The number of aryl methyl sites for hydroxylation is 1. The summed E-state index contributed by atoms with van der Waals surface area (Å²) < 4.78 is 5.33. The first-order valence-corrected chi connectivity index (χ1v) is 6.13. The van der Waals surface area contributed by atoms with Crippen molar-refractivity contribution in [2.45, 2.75) is 13.5 Å². The lowest BCUT2D eigenvalue weighted by Gasteiger charge is -2.10. The van der Waals surface area contributed by atoms with Crippen molar-refractivity contribution in [2.24, 2.45) is 0 Å². The third-order valence-corrected chi connectivity index (χ3v) is 3.12. The van der Waals surface area contributed by atoms with Gasteiger partial charge >= 0.3 is 0 Å². The van der Waals surface area contributed by atoms with Crippen LogP contribution in [0.2, 0.25) is 0 Å². The Kier molecular flexibility index (Phi) is 3.47. The van der Waals surface area contributed by atoms with Crippen molar-refractivity contribution < 1.29 is 4.74 Å². The summed E-state index contributed by atoms with van der Waals surface area (Å²) in [5.41, 5.74) is 3.60. The summed E-state index contributed by atoms with van der Waals surface area (Å²) >= 11 is 1.69. The Hall–Kier alpha value is -1.48. The average molecular weight is 233 g/mol. The van der Waals surface area contributed by atoms with Crippen molar-refractivity contribution >= 4 is 17.0 Å². The van der Waals surface area contributed by atoms with Gasteiger partial charge in [-0.1, -0.05) is 17.7 Å². The SMILES string of the molecule is COc1ccc(C)cc1CNc1ccsc1. The summed E-state index contributed by atoms with van der Waals surface area (Å²) in [7, 11) is 1.71. The molecule has 0 saturated heterocycles. The molecule has 0 aliphatic carbocycles. The van der Waals surface area contributed by atoms with E-state index in [0.29, 0.717) is 0 Å². The summed E-state index contributed by atoms with van der Waals surface area (Å²) in [5, 5.41) is 7.54. The monoisotopic (exact) mass is 233 g/mol. The number of anilines is 1. The van der Waals surface area contributed by atoms with Crippen molar-refractivity contribution in [1.82, 2.24) is 0 Å². The van der Waals surface area contributed by atoms with E-state index in [1.165, 1.54) is 11.1 Å². The van der Waals surface area contributed by atoms with Crippen LogP contribution in [0.25, 0.3) is 0 Å². The maximum absolute atomic E-state index is 5.33. The van der Waals surface area contributed by atoms with E-state index >= 15 is 0 Å². The van der Waals surface area contributed by atoms with Gasteiger partial charge in [0.05, 0.1) is 7.11 Å². The van der Waals surface area contributed by atoms with Gasteiger partial charge in [0, 0.05) is 23.2 Å². The fraction of sp³-hybridized carbons (Fsp3) is 0.231. The topological polar surface area (TPSA) is 21.3 Å². The number of ether oxygens (including phenoxy) is 1. The lowest BCUT2D eigenvalue weighted by atomic mass is 10.1. The summed E-state index contributed by atoms with van der Waals surface area (Å²) in [5.74, 6) is 0.938. The number of benzene rings is 1. The van der Waals surface area contributed by atoms with Crippen LogP contribution in [0, 0.1) is 6.92 Å². The Morgan fingerprint density at radius 1 is 1.31 bits per heavy atom. The van der Waals surface area contributed by atoms with Gasteiger partial charge < -0.3 is 10.1 Å². The van der Waals surface area contributed by atoms with Crippen molar-refractivity contribution in [3.63, 3.8) is 0 Å². The van der Waals surface area contributed by atoms with Crippen molar-refractivity contribution in [2.75, 3.05) is 12.4 Å². The molecule has 3 heteroatoms. The molecule has 0 atom stereocenters. The normalized spacial score (nSPS) is 10.1. The molecule has 16 heavy (non-hydrogen) atoms. The summed E-state index contributed by atoms with van der Waals surface area (Å²) in [6.45, 7) is 2.88. The van der Waals surface area contributed by atoms with Crippen LogP contribution in [0.5, 0.6) is 5.75 Å². The molecule has 0 amide bonds. The number of hydrogen-bond acceptors (Lipinski definition) is 3. The first-order valence-electron chi connectivity index (χ1n) is 5.19. The molecule has 0 spiro atoms. The van der Waals surface area contributed by atoms with Crippen LogP contribution >= 0.6 is 11.3 Å². The molecule has 1 aromatic heterocycles. The largest absolute Gasteiger partial charge is 0.496 e. The number of thiophene rings is 1. The second-order valence-corrected chi connectivity index (χ2v) is 4.46. The highest BCUT2D eigenvalue weighted by Crippen LogP contribution is 2.21. The fourth-order valence-corrected chi connectivity index (χ4v) is 2.22. The summed E-state index contributed by atoms with van der Waals surface area (Å²) in [6.07, 6.45) is 0. The van der Waals surface area contributed by atoms with E-state index in [1.54, 1.807) is 18.4 Å². The maximum Gasteiger partial charge on any atom is 0.123 e. The molecule has 0 fully saturated rings. The Bertz CT molecular complexity index is 451. The van der Waals surface area contributed by atoms with E-state index in [0.717, 1.165) is 18.0 Å². The maximum atomic E-state index is 5.33. The molecule has 0 aliphatic rings. The van der Waals surface area contributed by atoms with Gasteiger partial charge in [0.2, 0.25) is 0 Å². The zero-order chi connectivity index (χ0) is 11.4. The first-order chi connectivity index (χ1) is 7.79. The lowest BCUT2D eigenvalue weighted by molar-refractivity contribution is 0.410. The quantitative estimate of drug-likeness (QED) is 0.869. The van der Waals surface area contributed by atoms with E-state index in [4.69, 9.17) is 4.74 Å². The highest BCUT2D eigenvalue weighted by Gasteiger charge is 2.02. The molecule has 2 aromatic rings. The van der Waals surface area contributed by atoms with Gasteiger partial charge in [0.1, 0.15) is 5.75 Å². The van der Waals surface area contributed by atoms with E-state index in [1.807, 2.05) is 6.07 Å². The molecule has 2 nitrogen and oxygen atoms in total. The van der Waals surface area contributed by atoms with Crippen LogP contribution < -0.4 is 10.1 Å². The molecule has 1 aromatic carbocycles. The standard InChI is InChI=1S/C13H15NOS/c1-10-3-4-13(15-2)11(7-10)8-14-12-5-6-16-9-12/h3-7,9,14H,8H2,1-2H3. The van der Waals surface area contributed by atoms with Crippen LogP contribution in [0.4, 0.5) is 5.69 Å². The van der Waals surface area contributed by atoms with Gasteiger partial charge in [-0.2, -0.15) is 11.3 Å². The number of nitrogens with one attached hydrogen (secondary N) is 1. The number of rotatable bonds is 4. The van der Waals surface area contributed by atoms with Crippen LogP contribution in [0.1, 0.15) is 11.1 Å². The smallest absolute Gasteiger partial charge is 0.123 e. The van der Waals surface area contributed by atoms with Gasteiger partial charge in [-0.3, -0.25) is 0 Å². The molecule has 1 N–H and O–H groups in total. The van der Waals surface area contributed by atoms with E-state index in [2.05, 4.69) is 41.2 Å². The van der Waals surface area contributed by atoms with Crippen molar-refractivity contribution in [3.05, 3.63) is 46.2 Å². The predicted octanol–water partition coefficient (Wildman–Crippen LogP) is 3.68. The van der Waals surface area contributed by atoms with Gasteiger partial charge in [0.25, 0.3) is 0 Å². The zero-order valence-corrected chi connectivity index (χ0v) is 10.3. The molecule has 0 bridgehead atoms. The molecule has 0 saturated carbocycles. The molecule has 84 valence electrons. The summed E-state index contributed by atoms with van der Waals surface area (Å²) in [6, 6.07) is 8.30. The van der Waals surface area contributed by atoms with E-state index in [9.17, 15) is 0 Å². The molecular formula is C13H15NOS. The molecule has 1 heterocycles. The number of methoxy groups -OCH3 is 1. The van der Waals surface area contributed by atoms with Crippen molar-refractivity contribution in [3.8, 4) is 5.75 Å². The predicted molar refractivity (Wildman–Crippen MR) is 69.4 cm³/mol. The minimum absolute atomic E-state index is 0.793. The molecule has 0 unspecified atom stereocenters. The first kappa shape index (κ1) is 11.0. The number of hydrogen-bond donors (Lipinski definition) is 1. The van der Waals surface area contributed by atoms with Crippen molar-refractivity contribution in [1.29, 1.82) is 0 Å². The second-order valence-electron chi connectivity index (χ2n) is 3.68. The van der Waals surface area contributed by atoms with Gasteiger partial charge in [-0.25, -0.2) is 0 Å². The zero-order valence-electron chi connectivity index (χ0n) is 9.49. The van der Waals surface area contributed by atoms with Crippen LogP contribution in [0.15, 0.2) is 35.0 Å². The van der Waals surface area contributed by atoms with E-state index < -0.39 is 0 Å². The highest BCUT2D eigenvalue weighted by molar-refractivity contribution is 7.08. The minimum atomic E-state index is 0.793. The fourth-order valence-electron chi connectivity index (χ4n) is 1.61. The summed E-state index contributed by atoms with van der Waals surface area (Å²) in [4.78, 5) is 0. The second kappa shape index (κ2) is 5.03. The van der Waals surface area contributed by atoms with Gasteiger partial charge in [-0.05, 0) is 24.4 Å². The van der Waals surface area contributed by atoms with Gasteiger partial charge in [-0.15, -0.1) is 0 Å². The molecule has 2 rings (SSSR count). The highest BCUT2D eigenvalue weighted by atomic mass is 32.1. The Morgan fingerprint density at radius 3 is 2.88 bits per heavy atom. The van der Waals surface area contributed by atoms with Gasteiger partial charge in [0.15, 0.2) is 0 Å². The molecule has 0 radical (unpaired) electrons. The average Bonchev–Trinajstić information content (AvgIpc) is 2.79. The van der Waals surface area contributed by atoms with Crippen LogP contribution in [-0.2, 0) is 6.54 Å². The third kappa shape index (κ3) is 2.55. The molecular weight excluding hydrogens is 218 g/mol. The van der Waals surface area contributed by atoms with Crippen LogP contribution in [-0.4, -0.2) is 7.11 Å². The third-order valence-electron chi connectivity index (χ3n) is 2.44. The van der Waals surface area contributed by atoms with E-state index in [-0.39, 0.29) is 0 Å². The lowest BCUT2D eigenvalue weighted by Crippen LogP contribution is -2.01. The van der Waals surface area contributed by atoms with Crippen LogP contribution in [0.3, 0.4) is 0 Å². The minimum Gasteiger partial charge on any atom is -0.496 e. The Labute approximate surface area is 99.9 Å².